The molecule has 1 aromatic heterocycles. The predicted molar refractivity (Wildman–Crippen MR) is 70.4 cm³/mol. The SMILES string of the molecule is CCOC(=O)NC(=S)NCc1ccc(OC)nc1. The summed E-state index contributed by atoms with van der Waals surface area (Å²) >= 11 is 4.92. The first-order valence-corrected chi connectivity index (χ1v) is 5.77. The van der Waals surface area contributed by atoms with Gasteiger partial charge in [-0.2, -0.15) is 0 Å². The molecular formula is C11H15N3O3S. The lowest BCUT2D eigenvalue weighted by atomic mass is 10.3. The largest absolute Gasteiger partial charge is 0.481 e. The number of ether oxygens (including phenoxy) is 2. The first-order valence-electron chi connectivity index (χ1n) is 5.36. The monoisotopic (exact) mass is 269 g/mol. The molecule has 0 radical (unpaired) electrons. The van der Waals surface area contributed by atoms with Crippen LogP contribution in [0.1, 0.15) is 12.5 Å². The third-order valence-electron chi connectivity index (χ3n) is 1.95. The normalized spacial score (nSPS) is 9.44. The van der Waals surface area contributed by atoms with Gasteiger partial charge in [-0.05, 0) is 24.7 Å². The van der Waals surface area contributed by atoms with Crippen LogP contribution in [0.25, 0.3) is 0 Å². The minimum absolute atomic E-state index is 0.212. The fourth-order valence-corrected chi connectivity index (χ4v) is 1.28. The Morgan fingerprint density at radius 2 is 2.28 bits per heavy atom. The topological polar surface area (TPSA) is 72.5 Å². The molecule has 0 bridgehead atoms. The van der Waals surface area contributed by atoms with Gasteiger partial charge >= 0.3 is 6.09 Å². The Balaban J connectivity index is 2.35. The Morgan fingerprint density at radius 3 is 2.83 bits per heavy atom. The van der Waals surface area contributed by atoms with Gasteiger partial charge in [0.1, 0.15) is 0 Å². The van der Waals surface area contributed by atoms with Crippen molar-refractivity contribution in [1.29, 1.82) is 0 Å². The average Bonchev–Trinajstić information content (AvgIpc) is 2.37. The van der Waals surface area contributed by atoms with Crippen molar-refractivity contribution >= 4 is 23.4 Å². The number of methoxy groups -OCH3 is 1. The van der Waals surface area contributed by atoms with E-state index in [2.05, 4.69) is 20.4 Å². The molecule has 1 rings (SSSR count). The van der Waals surface area contributed by atoms with E-state index in [1.807, 2.05) is 6.07 Å². The summed E-state index contributed by atoms with van der Waals surface area (Å²) in [7, 11) is 1.55. The average molecular weight is 269 g/mol. The number of hydrogen-bond donors (Lipinski definition) is 2. The van der Waals surface area contributed by atoms with Gasteiger partial charge in [-0.3, -0.25) is 5.32 Å². The molecule has 0 saturated heterocycles. The molecule has 0 unspecified atom stereocenters. The number of amides is 1. The van der Waals surface area contributed by atoms with Crippen LogP contribution >= 0.6 is 12.2 Å². The fraction of sp³-hybridized carbons (Fsp3) is 0.364. The summed E-state index contributed by atoms with van der Waals surface area (Å²) in [6, 6.07) is 3.60. The number of nitrogens with one attached hydrogen (secondary N) is 2. The number of hydrogen-bond acceptors (Lipinski definition) is 5. The molecule has 0 spiro atoms. The zero-order valence-electron chi connectivity index (χ0n) is 10.2. The Morgan fingerprint density at radius 1 is 1.50 bits per heavy atom. The highest BCUT2D eigenvalue weighted by atomic mass is 32.1. The van der Waals surface area contributed by atoms with Crippen molar-refractivity contribution in [3.63, 3.8) is 0 Å². The highest BCUT2D eigenvalue weighted by molar-refractivity contribution is 7.80. The van der Waals surface area contributed by atoms with E-state index in [0.29, 0.717) is 19.0 Å². The number of aromatic nitrogens is 1. The highest BCUT2D eigenvalue weighted by Crippen LogP contribution is 2.05. The Hall–Kier alpha value is -1.89. The lowest BCUT2D eigenvalue weighted by molar-refractivity contribution is 0.157. The van der Waals surface area contributed by atoms with Gasteiger partial charge in [-0.1, -0.05) is 6.07 Å². The van der Waals surface area contributed by atoms with E-state index in [4.69, 9.17) is 17.0 Å². The van der Waals surface area contributed by atoms with Crippen LogP contribution in [0.4, 0.5) is 4.79 Å². The summed E-state index contributed by atoms with van der Waals surface area (Å²) in [6.07, 6.45) is 1.10. The van der Waals surface area contributed by atoms with Gasteiger partial charge < -0.3 is 14.8 Å². The lowest BCUT2D eigenvalue weighted by Crippen LogP contribution is -2.39. The number of thiocarbonyl (C=S) groups is 1. The number of pyridine rings is 1. The third-order valence-corrected chi connectivity index (χ3v) is 2.20. The maximum Gasteiger partial charge on any atom is 0.413 e. The third kappa shape index (κ3) is 4.96. The van der Waals surface area contributed by atoms with Gasteiger partial charge in [0.25, 0.3) is 0 Å². The van der Waals surface area contributed by atoms with Crippen LogP contribution in [0.2, 0.25) is 0 Å². The minimum Gasteiger partial charge on any atom is -0.481 e. The van der Waals surface area contributed by atoms with Crippen LogP contribution in [0.5, 0.6) is 5.88 Å². The summed E-state index contributed by atoms with van der Waals surface area (Å²) < 4.78 is 9.63. The maximum atomic E-state index is 11.1. The molecule has 2 N–H and O–H groups in total. The molecule has 0 aliphatic carbocycles. The summed E-state index contributed by atoms with van der Waals surface area (Å²) in [4.78, 5) is 15.1. The Kier molecular flexibility index (Phi) is 5.86. The molecule has 1 amide bonds. The second kappa shape index (κ2) is 7.44. The van der Waals surface area contributed by atoms with Crippen LogP contribution in [0.3, 0.4) is 0 Å². The van der Waals surface area contributed by atoms with Crippen LogP contribution in [0.15, 0.2) is 18.3 Å². The van der Waals surface area contributed by atoms with E-state index in [0.717, 1.165) is 5.56 Å². The van der Waals surface area contributed by atoms with Crippen LogP contribution in [-0.2, 0) is 11.3 Å². The number of alkyl carbamates (subject to hydrolysis) is 1. The Bertz CT molecular complexity index is 408. The zero-order valence-corrected chi connectivity index (χ0v) is 11.0. The van der Waals surface area contributed by atoms with Crippen molar-refractivity contribution in [2.24, 2.45) is 0 Å². The van der Waals surface area contributed by atoms with Gasteiger partial charge in [0, 0.05) is 18.8 Å². The summed E-state index contributed by atoms with van der Waals surface area (Å²) in [5.41, 5.74) is 0.920. The summed E-state index contributed by atoms with van der Waals surface area (Å²) in [5, 5.41) is 5.46. The number of nitrogens with zero attached hydrogens (tertiary/aromatic N) is 1. The van der Waals surface area contributed by atoms with E-state index in [1.54, 1.807) is 26.3 Å². The second-order valence-corrected chi connectivity index (χ2v) is 3.65. The first-order chi connectivity index (χ1) is 8.65. The van der Waals surface area contributed by atoms with E-state index >= 15 is 0 Å². The number of carbonyl (C=O) groups is 1. The van der Waals surface area contributed by atoms with Crippen LogP contribution in [-0.4, -0.2) is 29.9 Å². The first kappa shape index (κ1) is 14.2. The molecule has 1 heterocycles. The molecular weight excluding hydrogens is 254 g/mol. The molecule has 0 saturated carbocycles. The quantitative estimate of drug-likeness (QED) is 0.801. The van der Waals surface area contributed by atoms with E-state index in [1.165, 1.54) is 0 Å². The zero-order chi connectivity index (χ0) is 13.4. The Labute approximate surface area is 111 Å². The van der Waals surface area contributed by atoms with Crippen molar-refractivity contribution in [3.05, 3.63) is 23.9 Å². The van der Waals surface area contributed by atoms with Crippen LogP contribution in [0, 0.1) is 0 Å². The molecule has 98 valence electrons. The standard InChI is InChI=1S/C11H15N3O3S/c1-3-17-11(15)14-10(18)13-7-8-4-5-9(16-2)12-6-8/h4-6H,3,7H2,1-2H3,(H2,13,14,15,18). The van der Waals surface area contributed by atoms with Gasteiger partial charge in [0.05, 0.1) is 13.7 Å². The molecule has 0 fully saturated rings. The van der Waals surface area contributed by atoms with Gasteiger partial charge in [0.2, 0.25) is 5.88 Å². The highest BCUT2D eigenvalue weighted by Gasteiger charge is 2.04. The van der Waals surface area contributed by atoms with Crippen molar-refractivity contribution in [2.75, 3.05) is 13.7 Å². The molecule has 0 aliphatic heterocycles. The van der Waals surface area contributed by atoms with Gasteiger partial charge in [-0.25, -0.2) is 9.78 Å². The molecule has 18 heavy (non-hydrogen) atoms. The van der Waals surface area contributed by atoms with Crippen molar-refractivity contribution < 1.29 is 14.3 Å². The number of rotatable bonds is 4. The molecule has 6 nitrogen and oxygen atoms in total. The van der Waals surface area contributed by atoms with Crippen molar-refractivity contribution in [3.8, 4) is 5.88 Å². The predicted octanol–water partition coefficient (Wildman–Crippen LogP) is 1.21. The summed E-state index contributed by atoms with van der Waals surface area (Å²) in [5.74, 6) is 0.547. The molecule has 0 atom stereocenters. The van der Waals surface area contributed by atoms with Crippen molar-refractivity contribution in [2.45, 2.75) is 13.5 Å². The maximum absolute atomic E-state index is 11.1. The summed E-state index contributed by atoms with van der Waals surface area (Å²) in [6.45, 7) is 2.48. The van der Waals surface area contributed by atoms with E-state index in [-0.39, 0.29) is 5.11 Å². The van der Waals surface area contributed by atoms with Gasteiger partial charge in [-0.15, -0.1) is 0 Å². The van der Waals surface area contributed by atoms with E-state index in [9.17, 15) is 4.79 Å². The molecule has 7 heteroatoms. The van der Waals surface area contributed by atoms with Gasteiger partial charge in [0.15, 0.2) is 5.11 Å². The second-order valence-electron chi connectivity index (χ2n) is 3.24. The smallest absolute Gasteiger partial charge is 0.413 e. The lowest BCUT2D eigenvalue weighted by Gasteiger charge is -2.09. The fourth-order valence-electron chi connectivity index (χ4n) is 1.12. The number of carbonyl (C=O) groups excluding carboxylic acids is 1. The molecule has 1 aromatic rings. The van der Waals surface area contributed by atoms with Crippen LogP contribution < -0.4 is 15.4 Å². The molecule has 0 aromatic carbocycles. The van der Waals surface area contributed by atoms with Crippen molar-refractivity contribution in [1.82, 2.24) is 15.6 Å². The molecule has 0 aliphatic rings. The van der Waals surface area contributed by atoms with E-state index < -0.39 is 6.09 Å². The minimum atomic E-state index is -0.567.